The maximum absolute atomic E-state index is 11.9. The Morgan fingerprint density at radius 1 is 1.00 bits per heavy atom. The van der Waals surface area contributed by atoms with Gasteiger partial charge in [-0.05, 0) is 46.1 Å². The normalized spacial score (nSPS) is 10.5. The number of H-pyrrole nitrogens is 1. The first kappa shape index (κ1) is 16.3. The molecular formula is C18H16BrN3O2. The van der Waals surface area contributed by atoms with Crippen molar-refractivity contribution in [1.29, 1.82) is 0 Å². The second kappa shape index (κ2) is 7.31. The number of nitrogens with one attached hydrogen (secondary N) is 3. The summed E-state index contributed by atoms with van der Waals surface area (Å²) in [5.74, 6) is -1.33. The number of aromatic nitrogens is 1. The smallest absolute Gasteiger partial charge is 0.313 e. The summed E-state index contributed by atoms with van der Waals surface area (Å²) in [7, 11) is 0. The van der Waals surface area contributed by atoms with Crippen LogP contribution in [0.1, 0.15) is 5.56 Å². The topological polar surface area (TPSA) is 74.0 Å². The Kier molecular flexibility index (Phi) is 4.96. The second-order valence-corrected chi connectivity index (χ2v) is 6.15. The molecule has 1 heterocycles. The van der Waals surface area contributed by atoms with Crippen LogP contribution in [0.5, 0.6) is 0 Å². The van der Waals surface area contributed by atoms with Crippen LogP contribution in [0.25, 0.3) is 10.9 Å². The number of rotatable bonds is 4. The Bertz CT molecular complexity index is 889. The molecule has 0 fully saturated rings. The van der Waals surface area contributed by atoms with Crippen LogP contribution in [0, 0.1) is 0 Å². The molecule has 0 aliphatic carbocycles. The lowest BCUT2D eigenvalue weighted by Crippen LogP contribution is -2.36. The molecule has 1 aromatic heterocycles. The summed E-state index contributed by atoms with van der Waals surface area (Å²) in [6.45, 7) is 0.393. The van der Waals surface area contributed by atoms with Gasteiger partial charge in [-0.1, -0.05) is 30.3 Å². The van der Waals surface area contributed by atoms with Crippen LogP contribution in [-0.2, 0) is 16.0 Å². The Balaban J connectivity index is 1.54. The fraction of sp³-hybridized carbons (Fsp3) is 0.111. The van der Waals surface area contributed by atoms with Gasteiger partial charge in [-0.15, -0.1) is 0 Å². The van der Waals surface area contributed by atoms with Gasteiger partial charge in [0, 0.05) is 28.1 Å². The molecule has 6 heteroatoms. The molecular weight excluding hydrogens is 370 g/mol. The zero-order valence-electron chi connectivity index (χ0n) is 12.8. The Labute approximate surface area is 147 Å². The van der Waals surface area contributed by atoms with Gasteiger partial charge in [0.15, 0.2) is 0 Å². The molecule has 0 bridgehead atoms. The van der Waals surface area contributed by atoms with Gasteiger partial charge < -0.3 is 15.6 Å². The van der Waals surface area contributed by atoms with Crippen LogP contribution in [0.15, 0.2) is 59.2 Å². The lowest BCUT2D eigenvalue weighted by Gasteiger charge is -2.07. The minimum atomic E-state index is -0.680. The molecule has 0 unspecified atom stereocenters. The van der Waals surface area contributed by atoms with Gasteiger partial charge in [0.2, 0.25) is 0 Å². The van der Waals surface area contributed by atoms with Crippen molar-refractivity contribution >= 4 is 44.3 Å². The van der Waals surface area contributed by atoms with E-state index in [0.29, 0.717) is 18.7 Å². The Hall–Kier alpha value is -2.60. The van der Waals surface area contributed by atoms with E-state index in [-0.39, 0.29) is 0 Å². The number of para-hydroxylation sites is 2. The van der Waals surface area contributed by atoms with Crippen molar-refractivity contribution in [2.45, 2.75) is 6.42 Å². The van der Waals surface area contributed by atoms with Gasteiger partial charge in [-0.25, -0.2) is 0 Å². The zero-order valence-corrected chi connectivity index (χ0v) is 14.4. The Morgan fingerprint density at radius 3 is 2.58 bits per heavy atom. The number of anilines is 1. The largest absolute Gasteiger partial charge is 0.361 e. The third-order valence-corrected chi connectivity index (χ3v) is 4.37. The van der Waals surface area contributed by atoms with E-state index in [4.69, 9.17) is 0 Å². The third kappa shape index (κ3) is 3.65. The highest BCUT2D eigenvalue weighted by atomic mass is 79.9. The second-order valence-electron chi connectivity index (χ2n) is 5.30. The zero-order chi connectivity index (χ0) is 16.9. The summed E-state index contributed by atoms with van der Waals surface area (Å²) < 4.78 is 0.727. The van der Waals surface area contributed by atoms with Gasteiger partial charge in [0.05, 0.1) is 5.69 Å². The molecule has 0 aliphatic heterocycles. The van der Waals surface area contributed by atoms with Crippen molar-refractivity contribution in [3.8, 4) is 0 Å². The van der Waals surface area contributed by atoms with Crippen LogP contribution in [0.3, 0.4) is 0 Å². The molecule has 122 valence electrons. The number of carbonyl (C=O) groups is 2. The van der Waals surface area contributed by atoms with Gasteiger partial charge >= 0.3 is 11.8 Å². The van der Waals surface area contributed by atoms with Gasteiger partial charge in [-0.2, -0.15) is 0 Å². The molecule has 0 aliphatic rings. The van der Waals surface area contributed by atoms with E-state index in [2.05, 4.69) is 31.5 Å². The van der Waals surface area contributed by atoms with Crippen LogP contribution in [0.4, 0.5) is 5.69 Å². The first-order valence-corrected chi connectivity index (χ1v) is 8.33. The number of hydrogen-bond acceptors (Lipinski definition) is 2. The highest BCUT2D eigenvalue weighted by molar-refractivity contribution is 9.10. The van der Waals surface area contributed by atoms with Crippen LogP contribution < -0.4 is 10.6 Å². The monoisotopic (exact) mass is 385 g/mol. The number of carbonyl (C=O) groups excluding carboxylic acids is 2. The highest BCUT2D eigenvalue weighted by Gasteiger charge is 2.14. The minimum Gasteiger partial charge on any atom is -0.361 e. The quantitative estimate of drug-likeness (QED) is 0.603. The molecule has 0 atom stereocenters. The van der Waals surface area contributed by atoms with E-state index < -0.39 is 11.8 Å². The lowest BCUT2D eigenvalue weighted by molar-refractivity contribution is -0.136. The maximum atomic E-state index is 11.9. The number of fused-ring (bicyclic) bond motifs is 1. The number of hydrogen-bond donors (Lipinski definition) is 3. The minimum absolute atomic E-state index is 0.393. The number of benzene rings is 2. The summed E-state index contributed by atoms with van der Waals surface area (Å²) >= 11 is 3.33. The van der Waals surface area contributed by atoms with Gasteiger partial charge in [-0.3, -0.25) is 9.59 Å². The van der Waals surface area contributed by atoms with Crippen molar-refractivity contribution in [3.63, 3.8) is 0 Å². The van der Waals surface area contributed by atoms with Crippen molar-refractivity contribution < 1.29 is 9.59 Å². The maximum Gasteiger partial charge on any atom is 0.313 e. The first-order chi connectivity index (χ1) is 11.6. The van der Waals surface area contributed by atoms with Crippen LogP contribution in [-0.4, -0.2) is 23.3 Å². The number of amides is 2. The summed E-state index contributed by atoms with van der Waals surface area (Å²) in [6.07, 6.45) is 2.58. The van der Waals surface area contributed by atoms with E-state index in [9.17, 15) is 9.59 Å². The van der Waals surface area contributed by atoms with E-state index in [1.165, 1.54) is 0 Å². The van der Waals surface area contributed by atoms with E-state index in [1.807, 2.05) is 36.5 Å². The SMILES string of the molecule is O=C(NCCc1c[nH]c2ccccc12)C(=O)Nc1ccccc1Br. The highest BCUT2D eigenvalue weighted by Crippen LogP contribution is 2.21. The predicted octanol–water partition coefficient (Wildman–Crippen LogP) is 3.23. The molecule has 0 saturated heterocycles. The van der Waals surface area contributed by atoms with E-state index >= 15 is 0 Å². The molecule has 5 nitrogen and oxygen atoms in total. The van der Waals surface area contributed by atoms with Crippen LogP contribution >= 0.6 is 15.9 Å². The van der Waals surface area contributed by atoms with Gasteiger partial charge in [0.25, 0.3) is 0 Å². The van der Waals surface area contributed by atoms with E-state index in [0.717, 1.165) is 20.9 Å². The number of aromatic amines is 1. The lowest BCUT2D eigenvalue weighted by atomic mass is 10.1. The van der Waals surface area contributed by atoms with Crippen molar-refractivity contribution in [2.24, 2.45) is 0 Å². The van der Waals surface area contributed by atoms with Crippen molar-refractivity contribution in [3.05, 3.63) is 64.8 Å². The molecule has 3 rings (SSSR count). The van der Waals surface area contributed by atoms with Gasteiger partial charge in [0.1, 0.15) is 0 Å². The molecule has 0 radical (unpaired) electrons. The summed E-state index contributed by atoms with van der Waals surface area (Å²) in [4.78, 5) is 27.0. The average molecular weight is 386 g/mol. The predicted molar refractivity (Wildman–Crippen MR) is 97.8 cm³/mol. The van der Waals surface area contributed by atoms with Crippen molar-refractivity contribution in [1.82, 2.24) is 10.3 Å². The van der Waals surface area contributed by atoms with Crippen LogP contribution in [0.2, 0.25) is 0 Å². The molecule has 2 aromatic carbocycles. The average Bonchev–Trinajstić information content (AvgIpc) is 3.00. The fourth-order valence-electron chi connectivity index (χ4n) is 2.47. The fourth-order valence-corrected chi connectivity index (χ4v) is 2.85. The van der Waals surface area contributed by atoms with E-state index in [1.54, 1.807) is 18.2 Å². The molecule has 24 heavy (non-hydrogen) atoms. The molecule has 3 aromatic rings. The number of halogens is 1. The third-order valence-electron chi connectivity index (χ3n) is 3.68. The van der Waals surface area contributed by atoms with Crippen molar-refractivity contribution in [2.75, 3.05) is 11.9 Å². The molecule has 0 saturated carbocycles. The first-order valence-electron chi connectivity index (χ1n) is 7.54. The standard InChI is InChI=1S/C18H16BrN3O2/c19-14-6-2-4-8-16(14)22-18(24)17(23)20-10-9-12-11-21-15-7-3-1-5-13(12)15/h1-8,11,21H,9-10H2,(H,20,23)(H,22,24). The Morgan fingerprint density at radius 2 is 1.75 bits per heavy atom. The summed E-state index contributed by atoms with van der Waals surface area (Å²) in [5.41, 5.74) is 2.73. The summed E-state index contributed by atoms with van der Waals surface area (Å²) in [5, 5.41) is 6.35. The summed E-state index contributed by atoms with van der Waals surface area (Å²) in [6, 6.07) is 15.1. The molecule has 3 N–H and O–H groups in total. The molecule has 0 spiro atoms. The molecule has 2 amide bonds.